The van der Waals surface area contributed by atoms with Crippen LogP contribution in [-0.4, -0.2) is 23.2 Å². The third kappa shape index (κ3) is 4.89. The first-order valence-corrected chi connectivity index (χ1v) is 6.95. The van der Waals surface area contributed by atoms with Gasteiger partial charge >= 0.3 is 35.5 Å². The van der Waals surface area contributed by atoms with E-state index in [-0.39, 0.29) is 54.9 Å². The number of esters is 1. The van der Waals surface area contributed by atoms with Crippen molar-refractivity contribution in [3.63, 3.8) is 0 Å². The molecule has 7 heteroatoms. The molecule has 0 amide bonds. The normalized spacial score (nSPS) is 9.95. The molecule has 1 heterocycles. The third-order valence-corrected chi connectivity index (χ3v) is 4.27. The summed E-state index contributed by atoms with van der Waals surface area (Å²) >= 11 is 2.56. The number of carbonyl (C=O) groups is 2. The number of fused-ring (bicyclic) bond motifs is 1. The SMILES string of the molecule is COC(=O)CCC(=O)Sc1nc2ccccc2s1.[H-].[Na+]. The molecule has 96 valence electrons. The molecule has 0 fully saturated rings. The second kappa shape index (κ2) is 8.01. The van der Waals surface area contributed by atoms with Gasteiger partial charge in [-0.15, -0.1) is 11.3 Å². The number of thioether (sulfide) groups is 1. The third-order valence-electron chi connectivity index (χ3n) is 2.24. The number of ether oxygens (including phenoxy) is 1. The molecule has 0 radical (unpaired) electrons. The fourth-order valence-electron chi connectivity index (χ4n) is 1.35. The van der Waals surface area contributed by atoms with E-state index in [1.807, 2.05) is 24.3 Å². The van der Waals surface area contributed by atoms with Gasteiger partial charge in [0.1, 0.15) is 0 Å². The summed E-state index contributed by atoms with van der Waals surface area (Å²) in [5.41, 5.74) is 0.894. The summed E-state index contributed by atoms with van der Waals surface area (Å²) in [6, 6.07) is 7.73. The quantitative estimate of drug-likeness (QED) is 0.452. The Balaban J connectivity index is 0.00000180. The minimum absolute atomic E-state index is 0. The zero-order chi connectivity index (χ0) is 13.0. The number of methoxy groups -OCH3 is 1. The average Bonchev–Trinajstić information content (AvgIpc) is 2.77. The second-order valence-electron chi connectivity index (χ2n) is 3.50. The molecule has 19 heavy (non-hydrogen) atoms. The monoisotopic (exact) mass is 305 g/mol. The molecule has 1 aromatic heterocycles. The molecule has 0 aliphatic carbocycles. The Morgan fingerprint density at radius 2 is 2.11 bits per heavy atom. The molecule has 0 unspecified atom stereocenters. The number of rotatable bonds is 4. The van der Waals surface area contributed by atoms with Crippen LogP contribution in [0.4, 0.5) is 0 Å². The molecule has 0 aliphatic heterocycles. The first-order valence-electron chi connectivity index (χ1n) is 5.32. The minimum atomic E-state index is -0.367. The number of hydrogen-bond acceptors (Lipinski definition) is 6. The maximum atomic E-state index is 11.6. The van der Waals surface area contributed by atoms with Gasteiger partial charge in [-0.3, -0.25) is 9.59 Å². The second-order valence-corrected chi connectivity index (χ2v) is 5.83. The number of thiazole rings is 1. The van der Waals surface area contributed by atoms with Crippen molar-refractivity contribution in [1.29, 1.82) is 0 Å². The Morgan fingerprint density at radius 1 is 1.37 bits per heavy atom. The van der Waals surface area contributed by atoms with Crippen molar-refractivity contribution >= 4 is 44.4 Å². The van der Waals surface area contributed by atoms with Crippen molar-refractivity contribution in [2.24, 2.45) is 0 Å². The summed E-state index contributed by atoms with van der Waals surface area (Å²) < 4.78 is 6.26. The van der Waals surface area contributed by atoms with Gasteiger partial charge in [0, 0.05) is 6.42 Å². The summed E-state index contributed by atoms with van der Waals surface area (Å²) in [5.74, 6) is -0.367. The summed E-state index contributed by atoms with van der Waals surface area (Å²) in [5, 5.41) is -0.0699. The first-order chi connectivity index (χ1) is 8.69. The Bertz CT molecular complexity index is 558. The van der Waals surface area contributed by atoms with E-state index in [1.54, 1.807) is 0 Å². The maximum Gasteiger partial charge on any atom is 1.00 e. The molecule has 4 nitrogen and oxygen atoms in total. The predicted octanol–water partition coefficient (Wildman–Crippen LogP) is -0.0153. The molecule has 0 saturated carbocycles. The fraction of sp³-hybridized carbons (Fsp3) is 0.250. The Labute approximate surface area is 142 Å². The van der Waals surface area contributed by atoms with Crippen LogP contribution in [0.25, 0.3) is 10.2 Å². The van der Waals surface area contributed by atoms with Crippen LogP contribution < -0.4 is 29.6 Å². The Kier molecular flexibility index (Phi) is 7.02. The molecule has 1 aromatic carbocycles. The number of para-hydroxylation sites is 1. The van der Waals surface area contributed by atoms with Gasteiger partial charge < -0.3 is 6.16 Å². The van der Waals surface area contributed by atoms with Gasteiger partial charge in [0.15, 0.2) is 9.45 Å². The number of benzene rings is 1. The van der Waals surface area contributed by atoms with E-state index in [9.17, 15) is 9.59 Å². The molecule has 0 saturated heterocycles. The standard InChI is InChI=1S/C12H11NO3S2.Na.H/c1-16-10(14)6-7-11(15)18-12-13-8-4-2-3-5-9(8)17-12;;/h2-5H,6-7H2,1H3;;/q;+1;-1. The van der Waals surface area contributed by atoms with E-state index in [0.29, 0.717) is 4.34 Å². The van der Waals surface area contributed by atoms with E-state index in [1.165, 1.54) is 18.4 Å². The average molecular weight is 305 g/mol. The van der Waals surface area contributed by atoms with Crippen molar-refractivity contribution in [3.8, 4) is 0 Å². The number of aromatic nitrogens is 1. The van der Waals surface area contributed by atoms with Crippen LogP contribution in [0.15, 0.2) is 28.6 Å². The number of carbonyl (C=O) groups excluding carboxylic acids is 2. The summed E-state index contributed by atoms with van der Waals surface area (Å²) in [4.78, 5) is 26.9. The van der Waals surface area contributed by atoms with Crippen molar-refractivity contribution in [3.05, 3.63) is 24.3 Å². The topological polar surface area (TPSA) is 56.3 Å². The van der Waals surface area contributed by atoms with Crippen molar-refractivity contribution in [1.82, 2.24) is 4.98 Å². The van der Waals surface area contributed by atoms with Gasteiger partial charge in [0.25, 0.3) is 0 Å². The van der Waals surface area contributed by atoms with E-state index in [2.05, 4.69) is 9.72 Å². The van der Waals surface area contributed by atoms with Crippen LogP contribution in [0.1, 0.15) is 14.3 Å². The zero-order valence-corrected chi connectivity index (χ0v) is 14.3. The predicted molar refractivity (Wildman–Crippen MR) is 72.8 cm³/mol. The van der Waals surface area contributed by atoms with E-state index >= 15 is 0 Å². The molecule has 0 atom stereocenters. The van der Waals surface area contributed by atoms with Crippen LogP contribution in [0.5, 0.6) is 0 Å². The summed E-state index contributed by atoms with van der Waals surface area (Å²) in [7, 11) is 1.31. The van der Waals surface area contributed by atoms with Crippen LogP contribution in [0, 0.1) is 0 Å². The molecule has 2 aromatic rings. The Hall–Kier alpha value is -0.400. The van der Waals surface area contributed by atoms with Gasteiger partial charge in [-0.05, 0) is 23.9 Å². The van der Waals surface area contributed by atoms with Crippen LogP contribution in [0.3, 0.4) is 0 Å². The summed E-state index contributed by atoms with van der Waals surface area (Å²) in [6.07, 6.45) is 0.292. The van der Waals surface area contributed by atoms with Crippen LogP contribution >= 0.6 is 23.1 Å². The summed E-state index contributed by atoms with van der Waals surface area (Å²) in [6.45, 7) is 0. The van der Waals surface area contributed by atoms with Gasteiger partial charge in [0.05, 0.1) is 23.7 Å². The van der Waals surface area contributed by atoms with Gasteiger partial charge in [-0.1, -0.05) is 12.1 Å². The molecule has 0 N–H and O–H groups in total. The maximum absolute atomic E-state index is 11.6. The molecular weight excluding hydrogens is 293 g/mol. The molecule has 0 spiro atoms. The van der Waals surface area contributed by atoms with Crippen molar-refractivity contribution in [2.45, 2.75) is 17.2 Å². The fourth-order valence-corrected chi connectivity index (χ4v) is 3.30. The first kappa shape index (κ1) is 16.7. The molecule has 0 bridgehead atoms. The molecular formula is C12H12NNaO3S2. The number of hydrogen-bond donors (Lipinski definition) is 0. The molecule has 2 rings (SSSR count). The smallest absolute Gasteiger partial charge is 1.00 e. The van der Waals surface area contributed by atoms with E-state index < -0.39 is 0 Å². The van der Waals surface area contributed by atoms with Crippen molar-refractivity contribution < 1.29 is 45.3 Å². The largest absolute Gasteiger partial charge is 1.00 e. The number of nitrogens with zero attached hydrogens (tertiary/aromatic N) is 1. The van der Waals surface area contributed by atoms with Gasteiger partial charge in [-0.2, -0.15) is 0 Å². The van der Waals surface area contributed by atoms with Crippen LogP contribution in [-0.2, 0) is 14.3 Å². The Morgan fingerprint density at radius 3 is 2.79 bits per heavy atom. The van der Waals surface area contributed by atoms with Crippen molar-refractivity contribution in [2.75, 3.05) is 7.11 Å². The minimum Gasteiger partial charge on any atom is -1.00 e. The van der Waals surface area contributed by atoms with Gasteiger partial charge in [0.2, 0.25) is 0 Å². The van der Waals surface area contributed by atoms with Gasteiger partial charge in [-0.25, -0.2) is 4.98 Å². The zero-order valence-electron chi connectivity index (χ0n) is 11.7. The van der Waals surface area contributed by atoms with E-state index in [4.69, 9.17) is 0 Å². The van der Waals surface area contributed by atoms with Crippen LogP contribution in [0.2, 0.25) is 0 Å². The van der Waals surface area contributed by atoms with E-state index in [0.717, 1.165) is 22.0 Å². The molecule has 0 aliphatic rings.